The molecule has 2 aromatic rings. The fourth-order valence-corrected chi connectivity index (χ4v) is 1.25. The summed E-state index contributed by atoms with van der Waals surface area (Å²) >= 11 is 0. The monoisotopic (exact) mass is 188 g/mol. The molecule has 0 spiro atoms. The summed E-state index contributed by atoms with van der Waals surface area (Å²) in [6.07, 6.45) is 3.19. The Kier molecular flexibility index (Phi) is 2.10. The Hall–Kier alpha value is -1.97. The van der Waals surface area contributed by atoms with E-state index in [1.807, 2.05) is 12.1 Å². The molecule has 4 heteroatoms. The lowest BCUT2D eigenvalue weighted by Gasteiger charge is -2.01. The Bertz CT molecular complexity index is 477. The highest BCUT2D eigenvalue weighted by Gasteiger charge is 2.11. The summed E-state index contributed by atoms with van der Waals surface area (Å²) < 4.78 is 4.60. The fourth-order valence-electron chi connectivity index (χ4n) is 1.25. The zero-order valence-corrected chi connectivity index (χ0v) is 7.60. The minimum absolute atomic E-state index is 0.255. The summed E-state index contributed by atoms with van der Waals surface area (Å²) in [6, 6.07) is 5.48. The molecule has 0 fully saturated rings. The third-order valence-corrected chi connectivity index (χ3v) is 1.90. The average molecular weight is 188 g/mol. The van der Waals surface area contributed by atoms with Gasteiger partial charge >= 0.3 is 5.97 Å². The number of carbonyl (C=O) groups is 1. The highest BCUT2D eigenvalue weighted by Crippen LogP contribution is 2.13. The number of pyridine rings is 2. The Labute approximate surface area is 80.6 Å². The topological polar surface area (TPSA) is 52.1 Å². The van der Waals surface area contributed by atoms with Crippen molar-refractivity contribution in [3.05, 3.63) is 36.3 Å². The predicted octanol–water partition coefficient (Wildman–Crippen LogP) is 1.42. The summed E-state index contributed by atoms with van der Waals surface area (Å²) in [4.78, 5) is 19.3. The lowest BCUT2D eigenvalue weighted by molar-refractivity contribution is 0.0596. The molecule has 70 valence electrons. The van der Waals surface area contributed by atoms with Gasteiger partial charge in [-0.2, -0.15) is 0 Å². The summed E-state index contributed by atoms with van der Waals surface area (Å²) in [5.41, 5.74) is 0.826. The summed E-state index contributed by atoms with van der Waals surface area (Å²) in [6.45, 7) is 0. The molecule has 4 nitrogen and oxygen atoms in total. The second kappa shape index (κ2) is 3.41. The molecular weight excluding hydrogens is 180 g/mol. The summed E-state index contributed by atoms with van der Waals surface area (Å²) in [7, 11) is 1.33. The van der Waals surface area contributed by atoms with Crippen molar-refractivity contribution in [3.8, 4) is 0 Å². The highest BCUT2D eigenvalue weighted by atomic mass is 16.5. The van der Waals surface area contributed by atoms with Gasteiger partial charge in [0.2, 0.25) is 0 Å². The number of hydrogen-bond acceptors (Lipinski definition) is 4. The van der Waals surface area contributed by atoms with Crippen molar-refractivity contribution in [3.63, 3.8) is 0 Å². The maximum absolute atomic E-state index is 11.3. The maximum Gasteiger partial charge on any atom is 0.358 e. The normalized spacial score (nSPS) is 10.1. The smallest absolute Gasteiger partial charge is 0.358 e. The van der Waals surface area contributed by atoms with Crippen LogP contribution in [0.4, 0.5) is 0 Å². The van der Waals surface area contributed by atoms with Crippen molar-refractivity contribution in [1.29, 1.82) is 0 Å². The molecule has 0 aliphatic heterocycles. The van der Waals surface area contributed by atoms with Crippen LogP contribution in [0.15, 0.2) is 30.6 Å². The van der Waals surface area contributed by atoms with Crippen LogP contribution >= 0.6 is 0 Å². The van der Waals surface area contributed by atoms with Gasteiger partial charge in [-0.15, -0.1) is 0 Å². The number of ether oxygens (including phenoxy) is 1. The third-order valence-electron chi connectivity index (χ3n) is 1.90. The van der Waals surface area contributed by atoms with Gasteiger partial charge in [0.25, 0.3) is 0 Å². The minimum Gasteiger partial charge on any atom is -0.464 e. The molecule has 0 aliphatic rings. The number of nitrogens with zero attached hydrogens (tertiary/aromatic N) is 2. The van der Waals surface area contributed by atoms with Gasteiger partial charge in [0.05, 0.1) is 7.11 Å². The SMILES string of the molecule is COC(=O)c1nccc2cccnc12. The first kappa shape index (κ1) is 8.62. The largest absolute Gasteiger partial charge is 0.464 e. The van der Waals surface area contributed by atoms with Crippen molar-refractivity contribution < 1.29 is 9.53 Å². The molecule has 0 aliphatic carbocycles. The Morgan fingerprint density at radius 2 is 2.14 bits per heavy atom. The first-order valence-corrected chi connectivity index (χ1v) is 4.11. The first-order chi connectivity index (χ1) is 6.83. The number of rotatable bonds is 1. The number of carbonyl (C=O) groups excluding carboxylic acids is 1. The van der Waals surface area contributed by atoms with Gasteiger partial charge in [-0.25, -0.2) is 9.78 Å². The van der Waals surface area contributed by atoms with Crippen molar-refractivity contribution in [1.82, 2.24) is 9.97 Å². The maximum atomic E-state index is 11.3. The number of aromatic nitrogens is 2. The quantitative estimate of drug-likeness (QED) is 0.635. The van der Waals surface area contributed by atoms with Crippen LogP contribution in [0.25, 0.3) is 10.9 Å². The van der Waals surface area contributed by atoms with E-state index in [2.05, 4.69) is 14.7 Å². The van der Waals surface area contributed by atoms with Crippen LogP contribution in [0.5, 0.6) is 0 Å². The molecule has 0 N–H and O–H groups in total. The third kappa shape index (κ3) is 1.31. The standard InChI is InChI=1S/C10H8N2O2/c1-14-10(13)9-8-7(4-6-12-9)3-2-5-11-8/h2-6H,1H3. The highest BCUT2D eigenvalue weighted by molar-refractivity contribution is 6.00. The van der Waals surface area contributed by atoms with Crippen LogP contribution in [-0.2, 0) is 4.74 Å². The number of esters is 1. The summed E-state index contributed by atoms with van der Waals surface area (Å²) in [5.74, 6) is -0.464. The molecule has 0 atom stereocenters. The molecule has 2 rings (SSSR count). The average Bonchev–Trinajstić information content (AvgIpc) is 2.27. The summed E-state index contributed by atoms with van der Waals surface area (Å²) in [5, 5.41) is 0.878. The predicted molar refractivity (Wildman–Crippen MR) is 50.9 cm³/mol. The van der Waals surface area contributed by atoms with Gasteiger partial charge in [-0.1, -0.05) is 6.07 Å². The molecule has 0 bridgehead atoms. The van der Waals surface area contributed by atoms with Crippen LogP contribution in [0.3, 0.4) is 0 Å². The van der Waals surface area contributed by atoms with Crippen LogP contribution in [0.1, 0.15) is 10.5 Å². The molecule has 0 radical (unpaired) electrons. The molecular formula is C10H8N2O2. The second-order valence-corrected chi connectivity index (χ2v) is 2.73. The van der Waals surface area contributed by atoms with Crippen molar-refractivity contribution in [2.45, 2.75) is 0 Å². The van der Waals surface area contributed by atoms with E-state index < -0.39 is 5.97 Å². The van der Waals surface area contributed by atoms with E-state index in [9.17, 15) is 4.79 Å². The van der Waals surface area contributed by atoms with E-state index in [0.29, 0.717) is 5.52 Å². The van der Waals surface area contributed by atoms with Crippen LogP contribution in [0, 0.1) is 0 Å². The Morgan fingerprint density at radius 3 is 2.93 bits per heavy atom. The number of fused-ring (bicyclic) bond motifs is 1. The molecule has 0 saturated carbocycles. The number of hydrogen-bond donors (Lipinski definition) is 0. The Balaban J connectivity index is 2.71. The van der Waals surface area contributed by atoms with Gasteiger partial charge in [0.15, 0.2) is 5.69 Å². The lowest BCUT2D eigenvalue weighted by atomic mass is 10.2. The van der Waals surface area contributed by atoms with Crippen LogP contribution in [-0.4, -0.2) is 23.0 Å². The van der Waals surface area contributed by atoms with E-state index in [1.165, 1.54) is 7.11 Å². The molecule has 0 amide bonds. The molecule has 0 unspecified atom stereocenters. The molecule has 14 heavy (non-hydrogen) atoms. The van der Waals surface area contributed by atoms with Gasteiger partial charge in [-0.05, 0) is 12.1 Å². The van der Waals surface area contributed by atoms with Crippen LogP contribution in [0.2, 0.25) is 0 Å². The van der Waals surface area contributed by atoms with Crippen LogP contribution < -0.4 is 0 Å². The lowest BCUT2D eigenvalue weighted by Crippen LogP contribution is -2.05. The molecule has 2 aromatic heterocycles. The van der Waals surface area contributed by atoms with E-state index in [0.717, 1.165) is 5.39 Å². The zero-order valence-electron chi connectivity index (χ0n) is 7.60. The minimum atomic E-state index is -0.464. The fraction of sp³-hybridized carbons (Fsp3) is 0.100. The molecule has 2 heterocycles. The van der Waals surface area contributed by atoms with Gasteiger partial charge in [-0.3, -0.25) is 4.98 Å². The Morgan fingerprint density at radius 1 is 1.29 bits per heavy atom. The van der Waals surface area contributed by atoms with E-state index in [4.69, 9.17) is 0 Å². The molecule has 0 saturated heterocycles. The molecule has 0 aromatic carbocycles. The van der Waals surface area contributed by atoms with Crippen molar-refractivity contribution in [2.24, 2.45) is 0 Å². The van der Waals surface area contributed by atoms with Gasteiger partial charge in [0.1, 0.15) is 5.52 Å². The van der Waals surface area contributed by atoms with E-state index in [-0.39, 0.29) is 5.69 Å². The van der Waals surface area contributed by atoms with Gasteiger partial charge < -0.3 is 4.74 Å². The second-order valence-electron chi connectivity index (χ2n) is 2.73. The number of methoxy groups -OCH3 is 1. The van der Waals surface area contributed by atoms with E-state index in [1.54, 1.807) is 18.5 Å². The zero-order chi connectivity index (χ0) is 9.97. The first-order valence-electron chi connectivity index (χ1n) is 4.11. The van der Waals surface area contributed by atoms with E-state index >= 15 is 0 Å². The van der Waals surface area contributed by atoms with Gasteiger partial charge in [0, 0.05) is 17.8 Å². The van der Waals surface area contributed by atoms with Crippen molar-refractivity contribution >= 4 is 16.9 Å². The van der Waals surface area contributed by atoms with Crippen molar-refractivity contribution in [2.75, 3.05) is 7.11 Å².